The number of carbonyl (C=O) groups excluding carboxylic acids is 1. The predicted octanol–water partition coefficient (Wildman–Crippen LogP) is 1.56. The number of hydrogen-bond acceptors (Lipinski definition) is 9. The first-order chi connectivity index (χ1) is 20.2. The van der Waals surface area contributed by atoms with Gasteiger partial charge in [-0.15, -0.1) is 0 Å². The minimum absolute atomic E-state index is 0.00488. The molecule has 2 aromatic rings. The summed E-state index contributed by atoms with van der Waals surface area (Å²) >= 11 is 0. The second-order valence-corrected chi connectivity index (χ2v) is 14.4. The fourth-order valence-electron chi connectivity index (χ4n) is 5.10. The number of carboxylic acid groups (broad SMARTS) is 1. The molecule has 0 saturated carbocycles. The summed E-state index contributed by atoms with van der Waals surface area (Å²) in [6.07, 6.45) is 2.64. The van der Waals surface area contributed by atoms with Crippen molar-refractivity contribution in [3.63, 3.8) is 0 Å². The molecule has 1 fully saturated rings. The number of carbonyl (C=O) groups is 2. The molecule has 1 amide bonds. The highest BCUT2D eigenvalue weighted by Crippen LogP contribution is 2.25. The lowest BCUT2D eigenvalue weighted by Gasteiger charge is -2.24. The molecule has 1 aliphatic rings. The van der Waals surface area contributed by atoms with Gasteiger partial charge in [-0.05, 0) is 56.9 Å². The van der Waals surface area contributed by atoms with E-state index in [-0.39, 0.29) is 17.2 Å². The van der Waals surface area contributed by atoms with Crippen LogP contribution in [-0.4, -0.2) is 93.3 Å². The summed E-state index contributed by atoms with van der Waals surface area (Å²) in [4.78, 5) is 28.6. The average molecular weight is 640 g/mol. The fraction of sp³-hybridized carbons (Fsp3) is 0.536. The summed E-state index contributed by atoms with van der Waals surface area (Å²) in [7, 11) is -7.77. The normalized spacial score (nSPS) is 18.3. The molecule has 1 aromatic heterocycles. The number of amides is 1. The Morgan fingerprint density at radius 1 is 1.14 bits per heavy atom. The quantitative estimate of drug-likeness (QED) is 0.210. The Morgan fingerprint density at radius 2 is 1.84 bits per heavy atom. The number of benzene rings is 1. The number of nitrogens with zero attached hydrogens (tertiary/aromatic N) is 2. The number of unbranched alkanes of at least 4 members (excludes halogenated alkanes) is 1. The molecule has 4 N–H and O–H groups in total. The van der Waals surface area contributed by atoms with Crippen LogP contribution in [0.15, 0.2) is 41.4 Å². The van der Waals surface area contributed by atoms with Gasteiger partial charge in [0.15, 0.2) is 0 Å². The highest BCUT2D eigenvalue weighted by Gasteiger charge is 2.40. The third-order valence-corrected chi connectivity index (χ3v) is 10.8. The molecule has 238 valence electrons. The molecular formula is C28H41N5O8S2. The summed E-state index contributed by atoms with van der Waals surface area (Å²) in [6, 6.07) is 6.70. The number of aliphatic carboxylic acids is 1. The SMILES string of the molecule is CCCCS(=O)(=O)N1C[C@H](OCC(=O)NC[C@H](NS(=O)(=O)c2c(C)cc(C)cc2C)C(=O)O)C[C@H]1CNc1ccccn1. The van der Waals surface area contributed by atoms with Gasteiger partial charge in [0.05, 0.1) is 16.8 Å². The molecule has 2 heterocycles. The number of sulfonamides is 2. The number of hydrogen-bond donors (Lipinski definition) is 4. The van der Waals surface area contributed by atoms with E-state index in [1.54, 1.807) is 44.3 Å². The van der Waals surface area contributed by atoms with Crippen LogP contribution >= 0.6 is 0 Å². The lowest BCUT2D eigenvalue weighted by Crippen LogP contribution is -2.49. The Labute approximate surface area is 253 Å². The molecule has 0 bridgehead atoms. The molecule has 13 nitrogen and oxygen atoms in total. The monoisotopic (exact) mass is 639 g/mol. The van der Waals surface area contributed by atoms with Gasteiger partial charge in [-0.25, -0.2) is 21.8 Å². The van der Waals surface area contributed by atoms with Crippen LogP contribution in [0.3, 0.4) is 0 Å². The number of ether oxygens (including phenoxy) is 1. The summed E-state index contributed by atoms with van der Waals surface area (Å²) in [5.41, 5.74) is 1.82. The van der Waals surface area contributed by atoms with Crippen molar-refractivity contribution in [2.24, 2.45) is 0 Å². The number of anilines is 1. The maximum atomic E-state index is 13.0. The van der Waals surface area contributed by atoms with Gasteiger partial charge in [0.2, 0.25) is 26.0 Å². The zero-order chi connectivity index (χ0) is 31.8. The second kappa shape index (κ2) is 15.1. The molecule has 0 spiro atoms. The van der Waals surface area contributed by atoms with E-state index in [0.29, 0.717) is 36.3 Å². The zero-order valence-electron chi connectivity index (χ0n) is 24.9. The molecule has 3 rings (SSSR count). The number of aromatic nitrogens is 1. The number of rotatable bonds is 16. The third-order valence-electron chi connectivity index (χ3n) is 7.05. The Balaban J connectivity index is 1.59. The Hall–Kier alpha value is -3.11. The maximum Gasteiger partial charge on any atom is 0.323 e. The maximum absolute atomic E-state index is 13.0. The van der Waals surface area contributed by atoms with Crippen LogP contribution in [-0.2, 0) is 34.4 Å². The molecule has 1 aliphatic heterocycles. The molecule has 43 heavy (non-hydrogen) atoms. The van der Waals surface area contributed by atoms with Gasteiger partial charge in [-0.2, -0.15) is 9.03 Å². The van der Waals surface area contributed by atoms with Crippen LogP contribution in [0.5, 0.6) is 0 Å². The van der Waals surface area contributed by atoms with Gasteiger partial charge < -0.3 is 20.5 Å². The standard InChI is InChI=1S/C28H41N5O8S2/c1-5-6-11-42(37,38)33-17-23(14-22(33)15-30-25-9-7-8-10-29-25)41-18-26(34)31-16-24(28(35)36)32-43(39,40)27-20(3)12-19(2)13-21(27)4/h7-10,12-13,22-24,32H,5-6,11,14-18H2,1-4H3,(H,29,30)(H,31,34)(H,35,36)/t22-,23+,24-/m0/s1. The Bertz CT molecular complexity index is 1460. The van der Waals surface area contributed by atoms with Crippen molar-refractivity contribution in [3.8, 4) is 0 Å². The van der Waals surface area contributed by atoms with Crippen LogP contribution in [0.1, 0.15) is 42.9 Å². The van der Waals surface area contributed by atoms with Gasteiger partial charge in [0.1, 0.15) is 18.5 Å². The van der Waals surface area contributed by atoms with Gasteiger partial charge in [0, 0.05) is 31.9 Å². The van der Waals surface area contributed by atoms with E-state index in [1.807, 2.05) is 19.9 Å². The van der Waals surface area contributed by atoms with Gasteiger partial charge in [-0.3, -0.25) is 9.59 Å². The summed E-state index contributed by atoms with van der Waals surface area (Å²) in [5, 5.41) is 15.2. The van der Waals surface area contributed by atoms with E-state index in [1.165, 1.54) is 4.31 Å². The highest BCUT2D eigenvalue weighted by atomic mass is 32.2. The lowest BCUT2D eigenvalue weighted by atomic mass is 10.1. The first-order valence-corrected chi connectivity index (χ1v) is 17.2. The molecule has 1 saturated heterocycles. The number of aryl methyl sites for hydroxylation is 3. The van der Waals surface area contributed by atoms with Gasteiger partial charge in [-0.1, -0.05) is 37.1 Å². The first kappa shape index (κ1) is 34.4. The van der Waals surface area contributed by atoms with E-state index >= 15 is 0 Å². The van der Waals surface area contributed by atoms with E-state index in [0.717, 1.165) is 12.0 Å². The van der Waals surface area contributed by atoms with Crippen molar-refractivity contribution in [1.82, 2.24) is 19.3 Å². The Kier molecular flexibility index (Phi) is 12.0. The minimum atomic E-state index is -4.20. The van der Waals surface area contributed by atoms with Crippen molar-refractivity contribution in [2.75, 3.05) is 37.3 Å². The van der Waals surface area contributed by atoms with Crippen molar-refractivity contribution in [1.29, 1.82) is 0 Å². The molecule has 15 heteroatoms. The van der Waals surface area contributed by atoms with Crippen LogP contribution in [0.25, 0.3) is 0 Å². The molecular weight excluding hydrogens is 598 g/mol. The average Bonchev–Trinajstić information content (AvgIpc) is 3.35. The predicted molar refractivity (Wildman–Crippen MR) is 162 cm³/mol. The first-order valence-electron chi connectivity index (χ1n) is 14.1. The van der Waals surface area contributed by atoms with Gasteiger partial charge in [0.25, 0.3) is 0 Å². The molecule has 0 unspecified atom stereocenters. The number of carboxylic acids is 1. The molecule has 0 aliphatic carbocycles. The van der Waals surface area contributed by atoms with Crippen LogP contribution < -0.4 is 15.4 Å². The smallest absolute Gasteiger partial charge is 0.323 e. The summed E-state index contributed by atoms with van der Waals surface area (Å²) in [5.74, 6) is -1.51. The summed E-state index contributed by atoms with van der Waals surface area (Å²) < 4.78 is 61.5. The minimum Gasteiger partial charge on any atom is -0.480 e. The summed E-state index contributed by atoms with van der Waals surface area (Å²) in [6.45, 7) is 6.39. The van der Waals surface area contributed by atoms with E-state index in [9.17, 15) is 31.5 Å². The van der Waals surface area contributed by atoms with E-state index < -0.39 is 63.3 Å². The second-order valence-electron chi connectivity index (χ2n) is 10.7. The van der Waals surface area contributed by atoms with Gasteiger partial charge >= 0.3 is 5.97 Å². The fourth-order valence-corrected chi connectivity index (χ4v) is 8.64. The van der Waals surface area contributed by atoms with Crippen LogP contribution in [0.2, 0.25) is 0 Å². The Morgan fingerprint density at radius 3 is 2.44 bits per heavy atom. The van der Waals surface area contributed by atoms with E-state index in [4.69, 9.17) is 4.74 Å². The van der Waals surface area contributed by atoms with Crippen molar-refractivity contribution in [2.45, 2.75) is 70.0 Å². The number of pyridine rings is 1. The molecule has 3 atom stereocenters. The zero-order valence-corrected chi connectivity index (χ0v) is 26.5. The van der Waals surface area contributed by atoms with Crippen molar-refractivity contribution in [3.05, 3.63) is 53.2 Å². The number of nitrogens with one attached hydrogen (secondary N) is 3. The van der Waals surface area contributed by atoms with Crippen molar-refractivity contribution < 1.29 is 36.3 Å². The van der Waals surface area contributed by atoms with Crippen LogP contribution in [0.4, 0.5) is 5.82 Å². The largest absolute Gasteiger partial charge is 0.480 e. The van der Waals surface area contributed by atoms with E-state index in [2.05, 4.69) is 20.3 Å². The van der Waals surface area contributed by atoms with Crippen molar-refractivity contribution >= 4 is 37.7 Å². The topological polar surface area (TPSA) is 184 Å². The molecule has 1 aromatic carbocycles. The lowest BCUT2D eigenvalue weighted by molar-refractivity contribution is -0.139. The van der Waals surface area contributed by atoms with Crippen LogP contribution in [0, 0.1) is 20.8 Å². The third kappa shape index (κ3) is 9.69. The molecule has 0 radical (unpaired) electrons. The highest BCUT2D eigenvalue weighted by molar-refractivity contribution is 7.89.